The minimum absolute atomic E-state index is 0.288. The van der Waals surface area contributed by atoms with Crippen molar-refractivity contribution in [2.75, 3.05) is 6.54 Å². The molecule has 1 aromatic carbocycles. The summed E-state index contributed by atoms with van der Waals surface area (Å²) in [6.07, 6.45) is -0.617. The molecule has 1 atom stereocenters. The fourth-order valence-electron chi connectivity index (χ4n) is 1.68. The van der Waals surface area contributed by atoms with Crippen molar-refractivity contribution in [3.8, 4) is 5.75 Å². The van der Waals surface area contributed by atoms with E-state index in [-0.39, 0.29) is 5.91 Å². The van der Waals surface area contributed by atoms with Crippen LogP contribution >= 0.6 is 12.2 Å². The number of hydrogen-bond donors (Lipinski definition) is 3. The molecule has 0 saturated heterocycles. The van der Waals surface area contributed by atoms with Gasteiger partial charge >= 0.3 is 0 Å². The minimum Gasteiger partial charge on any atom is -0.481 e. The molecule has 0 spiro atoms. The molecule has 0 aliphatic heterocycles. The molecular formula is C14H21N3O2S. The Morgan fingerprint density at radius 1 is 1.25 bits per heavy atom. The number of hydrazine groups is 1. The molecule has 1 aromatic rings. The number of ether oxygens (including phenoxy) is 1. The van der Waals surface area contributed by atoms with Crippen molar-refractivity contribution in [1.82, 2.24) is 16.2 Å². The molecule has 1 rings (SSSR count). The predicted molar refractivity (Wildman–Crippen MR) is 83.6 cm³/mol. The molecule has 5 nitrogen and oxygen atoms in total. The Bertz CT molecular complexity index is 471. The van der Waals surface area contributed by atoms with E-state index < -0.39 is 6.10 Å². The Labute approximate surface area is 125 Å². The molecule has 0 fully saturated rings. The van der Waals surface area contributed by atoms with Crippen LogP contribution in [0.25, 0.3) is 0 Å². The molecule has 0 bridgehead atoms. The van der Waals surface area contributed by atoms with E-state index in [0.717, 1.165) is 11.1 Å². The number of nitrogens with one attached hydrogen (secondary N) is 3. The fraction of sp³-hybridized carbons (Fsp3) is 0.429. The van der Waals surface area contributed by atoms with Gasteiger partial charge in [-0.15, -0.1) is 0 Å². The zero-order valence-corrected chi connectivity index (χ0v) is 13.1. The normalized spacial score (nSPS) is 11.4. The first-order valence-corrected chi connectivity index (χ1v) is 6.92. The van der Waals surface area contributed by atoms with Crippen LogP contribution in [-0.2, 0) is 4.79 Å². The first-order valence-electron chi connectivity index (χ1n) is 6.51. The van der Waals surface area contributed by atoms with Crippen LogP contribution in [0.3, 0.4) is 0 Å². The molecule has 0 radical (unpaired) electrons. The van der Waals surface area contributed by atoms with Gasteiger partial charge in [0.2, 0.25) is 0 Å². The van der Waals surface area contributed by atoms with Crippen molar-refractivity contribution < 1.29 is 9.53 Å². The van der Waals surface area contributed by atoms with Crippen molar-refractivity contribution in [3.05, 3.63) is 29.3 Å². The summed E-state index contributed by atoms with van der Waals surface area (Å²) in [5.41, 5.74) is 7.31. The maximum atomic E-state index is 11.8. The molecule has 0 aromatic heterocycles. The highest BCUT2D eigenvalue weighted by Crippen LogP contribution is 2.17. The van der Waals surface area contributed by atoms with E-state index in [4.69, 9.17) is 17.0 Å². The van der Waals surface area contributed by atoms with Gasteiger partial charge in [0, 0.05) is 6.54 Å². The summed E-state index contributed by atoms with van der Waals surface area (Å²) in [6, 6.07) is 5.84. The lowest BCUT2D eigenvalue weighted by atomic mass is 10.1. The summed E-state index contributed by atoms with van der Waals surface area (Å²) in [4.78, 5) is 11.8. The highest BCUT2D eigenvalue weighted by molar-refractivity contribution is 7.80. The molecule has 20 heavy (non-hydrogen) atoms. The van der Waals surface area contributed by atoms with Gasteiger partial charge in [0.05, 0.1) is 0 Å². The van der Waals surface area contributed by atoms with Crippen LogP contribution in [0.2, 0.25) is 0 Å². The number of thiocarbonyl (C=S) groups is 1. The molecule has 0 aliphatic carbocycles. The van der Waals surface area contributed by atoms with Gasteiger partial charge in [0.15, 0.2) is 11.2 Å². The van der Waals surface area contributed by atoms with E-state index in [2.05, 4.69) is 16.2 Å². The largest absolute Gasteiger partial charge is 0.481 e. The molecule has 1 unspecified atom stereocenters. The Kier molecular flexibility index (Phi) is 6.24. The lowest BCUT2D eigenvalue weighted by Gasteiger charge is -2.16. The van der Waals surface area contributed by atoms with Gasteiger partial charge in [-0.05, 0) is 63.2 Å². The molecule has 0 saturated carbocycles. The van der Waals surface area contributed by atoms with Gasteiger partial charge in [-0.1, -0.05) is 6.07 Å². The van der Waals surface area contributed by atoms with Gasteiger partial charge in [-0.3, -0.25) is 15.6 Å². The number of hydrogen-bond acceptors (Lipinski definition) is 3. The van der Waals surface area contributed by atoms with E-state index in [9.17, 15) is 4.79 Å². The average Bonchev–Trinajstić information content (AvgIpc) is 2.34. The standard InChI is InChI=1S/C14H21N3O2S/c1-5-15-14(20)17-16-13(18)11(4)19-12-7-9(2)6-10(3)8-12/h6-8,11H,5H2,1-4H3,(H,16,18)(H2,15,17,20). The summed E-state index contributed by atoms with van der Waals surface area (Å²) in [7, 11) is 0. The Morgan fingerprint density at radius 2 is 1.85 bits per heavy atom. The molecule has 1 amide bonds. The molecule has 0 aliphatic rings. The van der Waals surface area contributed by atoms with Crippen molar-refractivity contribution >= 4 is 23.2 Å². The monoisotopic (exact) mass is 295 g/mol. The van der Waals surface area contributed by atoms with E-state index >= 15 is 0 Å². The lowest BCUT2D eigenvalue weighted by molar-refractivity contribution is -0.127. The van der Waals surface area contributed by atoms with Crippen molar-refractivity contribution in [3.63, 3.8) is 0 Å². The van der Waals surface area contributed by atoms with Gasteiger partial charge in [-0.2, -0.15) is 0 Å². The van der Waals surface area contributed by atoms with E-state index in [1.54, 1.807) is 6.92 Å². The number of rotatable bonds is 4. The van der Waals surface area contributed by atoms with Crippen LogP contribution in [0.15, 0.2) is 18.2 Å². The van der Waals surface area contributed by atoms with E-state index in [1.807, 2.05) is 39.0 Å². The molecule has 3 N–H and O–H groups in total. The number of carbonyl (C=O) groups is 1. The predicted octanol–water partition coefficient (Wildman–Crippen LogP) is 1.59. The summed E-state index contributed by atoms with van der Waals surface area (Å²) in [5, 5.41) is 3.24. The highest BCUT2D eigenvalue weighted by atomic mass is 32.1. The minimum atomic E-state index is -0.617. The maximum absolute atomic E-state index is 11.8. The maximum Gasteiger partial charge on any atom is 0.279 e. The second-order valence-electron chi connectivity index (χ2n) is 4.56. The fourth-order valence-corrected chi connectivity index (χ4v) is 1.88. The van der Waals surface area contributed by atoms with Crippen LogP contribution in [0.5, 0.6) is 5.75 Å². The summed E-state index contributed by atoms with van der Waals surface area (Å²) in [6.45, 7) is 8.27. The number of carbonyl (C=O) groups excluding carboxylic acids is 1. The van der Waals surface area contributed by atoms with Crippen LogP contribution in [0, 0.1) is 13.8 Å². The Hall–Kier alpha value is -1.82. The first-order chi connectivity index (χ1) is 9.42. The number of benzene rings is 1. The smallest absolute Gasteiger partial charge is 0.279 e. The number of aryl methyl sites for hydroxylation is 2. The Morgan fingerprint density at radius 3 is 2.40 bits per heavy atom. The zero-order chi connectivity index (χ0) is 15.1. The first kappa shape index (κ1) is 16.2. The van der Waals surface area contributed by atoms with Gasteiger partial charge in [-0.25, -0.2) is 0 Å². The van der Waals surface area contributed by atoms with Gasteiger partial charge < -0.3 is 10.1 Å². The zero-order valence-electron chi connectivity index (χ0n) is 12.2. The van der Waals surface area contributed by atoms with Crippen molar-refractivity contribution in [2.24, 2.45) is 0 Å². The summed E-state index contributed by atoms with van der Waals surface area (Å²) in [5.74, 6) is 0.392. The summed E-state index contributed by atoms with van der Waals surface area (Å²) >= 11 is 4.94. The van der Waals surface area contributed by atoms with Crippen LogP contribution < -0.4 is 20.9 Å². The lowest BCUT2D eigenvalue weighted by Crippen LogP contribution is -2.50. The van der Waals surface area contributed by atoms with Gasteiger partial charge in [0.25, 0.3) is 5.91 Å². The SMILES string of the molecule is CCNC(=S)NNC(=O)C(C)Oc1cc(C)cc(C)c1. The average molecular weight is 295 g/mol. The second kappa shape index (κ2) is 7.69. The third-order valence-corrected chi connectivity index (χ3v) is 2.76. The van der Waals surface area contributed by atoms with Gasteiger partial charge in [0.1, 0.15) is 5.75 Å². The third kappa shape index (κ3) is 5.44. The number of amides is 1. The third-order valence-electron chi connectivity index (χ3n) is 2.51. The van der Waals surface area contributed by atoms with Crippen LogP contribution in [0.4, 0.5) is 0 Å². The molecule has 0 heterocycles. The van der Waals surface area contributed by atoms with Crippen molar-refractivity contribution in [2.45, 2.75) is 33.8 Å². The molecular weight excluding hydrogens is 274 g/mol. The van der Waals surface area contributed by atoms with Crippen LogP contribution in [0.1, 0.15) is 25.0 Å². The van der Waals surface area contributed by atoms with E-state index in [1.165, 1.54) is 0 Å². The quantitative estimate of drug-likeness (QED) is 0.581. The molecule has 6 heteroatoms. The summed E-state index contributed by atoms with van der Waals surface area (Å²) < 4.78 is 5.61. The highest BCUT2D eigenvalue weighted by Gasteiger charge is 2.14. The Balaban J connectivity index is 2.51. The molecule has 110 valence electrons. The van der Waals surface area contributed by atoms with E-state index in [0.29, 0.717) is 17.4 Å². The second-order valence-corrected chi connectivity index (χ2v) is 4.97. The van der Waals surface area contributed by atoms with Crippen molar-refractivity contribution in [1.29, 1.82) is 0 Å². The van der Waals surface area contributed by atoms with Crippen LogP contribution in [-0.4, -0.2) is 23.7 Å². The topological polar surface area (TPSA) is 62.4 Å².